The molecule has 7 aromatic carbocycles. The summed E-state index contributed by atoms with van der Waals surface area (Å²) in [5, 5.41) is 0. The molecule has 2 aliphatic rings. The zero-order valence-electron chi connectivity index (χ0n) is 28.6. The minimum absolute atomic E-state index is 0.547. The van der Waals surface area contributed by atoms with E-state index in [-0.39, 0.29) is 0 Å². The van der Waals surface area contributed by atoms with Crippen LogP contribution in [0, 0.1) is 0 Å². The van der Waals surface area contributed by atoms with Crippen LogP contribution in [0.4, 0.5) is 28.4 Å². The van der Waals surface area contributed by atoms with Gasteiger partial charge in [-0.25, -0.2) is 0 Å². The molecule has 246 valence electrons. The molecule has 51 heavy (non-hydrogen) atoms. The summed E-state index contributed by atoms with van der Waals surface area (Å²) < 4.78 is 0. The molecule has 2 unspecified atom stereocenters. The molecule has 0 saturated heterocycles. The lowest BCUT2D eigenvalue weighted by Gasteiger charge is -2.27. The third kappa shape index (κ3) is 6.04. The van der Waals surface area contributed by atoms with Gasteiger partial charge in [-0.2, -0.15) is 0 Å². The first-order chi connectivity index (χ1) is 25.3. The van der Waals surface area contributed by atoms with Gasteiger partial charge in [0.1, 0.15) is 0 Å². The quantitative estimate of drug-likeness (QED) is 0.150. The Balaban J connectivity index is 1.07. The van der Waals surface area contributed by atoms with Crippen LogP contribution in [0.5, 0.6) is 0 Å². The zero-order chi connectivity index (χ0) is 34.0. The Bertz CT molecular complexity index is 2240. The van der Waals surface area contributed by atoms with Crippen molar-refractivity contribution in [3.63, 3.8) is 0 Å². The molecule has 1 heterocycles. The maximum Gasteiger partial charge on any atom is 0.0462 e. The van der Waals surface area contributed by atoms with E-state index < -0.39 is 0 Å². The molecule has 2 nitrogen and oxygen atoms in total. The molecule has 2 heteroatoms. The Morgan fingerprint density at radius 1 is 0.510 bits per heavy atom. The van der Waals surface area contributed by atoms with Crippen molar-refractivity contribution in [2.75, 3.05) is 9.80 Å². The summed E-state index contributed by atoms with van der Waals surface area (Å²) in [6.45, 7) is 0. The molecule has 7 aromatic rings. The highest BCUT2D eigenvalue weighted by molar-refractivity contribution is 5.93. The van der Waals surface area contributed by atoms with Crippen LogP contribution in [-0.2, 0) is 0 Å². The molecule has 1 saturated carbocycles. The minimum atomic E-state index is 0.547. The Morgan fingerprint density at radius 2 is 1.12 bits per heavy atom. The number of fused-ring (bicyclic) bond motifs is 3. The van der Waals surface area contributed by atoms with E-state index in [0.717, 1.165) is 17.1 Å². The average molecular weight is 657 g/mol. The SMILES string of the molecule is C(=C(\c1ccccc1)c1cccc(-c2ccc(N(c3ccccc3)c3ccccc3)cc2)c1)/c1ccc2c(c1)C1CCCC1N2c1ccccc1. The van der Waals surface area contributed by atoms with Gasteiger partial charge >= 0.3 is 0 Å². The van der Waals surface area contributed by atoms with Crippen molar-refractivity contribution in [1.29, 1.82) is 0 Å². The lowest BCUT2D eigenvalue weighted by Crippen LogP contribution is -2.26. The average Bonchev–Trinajstić information content (AvgIpc) is 3.80. The Morgan fingerprint density at radius 3 is 1.80 bits per heavy atom. The second-order valence-corrected chi connectivity index (χ2v) is 13.7. The minimum Gasteiger partial charge on any atom is -0.338 e. The summed E-state index contributed by atoms with van der Waals surface area (Å²) in [6.07, 6.45) is 6.19. The number of benzene rings is 7. The molecule has 1 aliphatic heterocycles. The van der Waals surface area contributed by atoms with E-state index in [9.17, 15) is 0 Å². The lowest BCUT2D eigenvalue weighted by atomic mass is 9.91. The molecule has 0 spiro atoms. The first-order valence-corrected chi connectivity index (χ1v) is 18.2. The fourth-order valence-corrected chi connectivity index (χ4v) is 8.28. The number of hydrogen-bond acceptors (Lipinski definition) is 2. The highest BCUT2D eigenvalue weighted by atomic mass is 15.2. The van der Waals surface area contributed by atoms with Gasteiger partial charge in [0.15, 0.2) is 0 Å². The van der Waals surface area contributed by atoms with E-state index in [1.165, 1.54) is 69.6 Å². The fraction of sp³-hybridized carbons (Fsp3) is 0.102. The van der Waals surface area contributed by atoms with Crippen LogP contribution in [0.15, 0.2) is 188 Å². The van der Waals surface area contributed by atoms with Gasteiger partial charge in [0.25, 0.3) is 0 Å². The van der Waals surface area contributed by atoms with Crippen molar-refractivity contribution in [3.8, 4) is 11.1 Å². The van der Waals surface area contributed by atoms with Gasteiger partial charge in [0, 0.05) is 40.4 Å². The highest BCUT2D eigenvalue weighted by Gasteiger charge is 2.42. The van der Waals surface area contributed by atoms with Crippen LogP contribution in [-0.4, -0.2) is 6.04 Å². The number of rotatable bonds is 8. The molecule has 9 rings (SSSR count). The molecule has 0 bridgehead atoms. The van der Waals surface area contributed by atoms with Crippen molar-refractivity contribution in [2.24, 2.45) is 0 Å². The molecule has 1 aliphatic carbocycles. The normalized spacial score (nSPS) is 16.5. The molecule has 2 atom stereocenters. The number of nitrogens with zero attached hydrogens (tertiary/aromatic N) is 2. The standard InChI is InChI=1S/C49H40N2/c1-5-15-38(16-6-1)46(33-36-27-32-49-47(34-36)45-25-14-26-48(45)51(49)43-23-11-4-12-24-43)40-18-13-17-39(35-40)37-28-30-44(31-29-37)50(41-19-7-2-8-20-41)42-21-9-3-10-22-42/h1-13,15-24,27-35,45,48H,14,25-26H2/b46-33-. The van der Waals surface area contributed by atoms with E-state index in [4.69, 9.17) is 0 Å². The smallest absolute Gasteiger partial charge is 0.0462 e. The third-order valence-electron chi connectivity index (χ3n) is 10.6. The molecular formula is C49H40N2. The molecule has 0 amide bonds. The Kier molecular flexibility index (Phi) is 8.27. The lowest BCUT2D eigenvalue weighted by molar-refractivity contribution is 0.642. The molecule has 0 N–H and O–H groups in total. The van der Waals surface area contributed by atoms with Crippen molar-refractivity contribution >= 4 is 40.1 Å². The van der Waals surface area contributed by atoms with Crippen molar-refractivity contribution < 1.29 is 0 Å². The van der Waals surface area contributed by atoms with Crippen molar-refractivity contribution in [1.82, 2.24) is 0 Å². The number of para-hydroxylation sites is 3. The first kappa shape index (κ1) is 30.9. The van der Waals surface area contributed by atoms with Crippen LogP contribution >= 0.6 is 0 Å². The van der Waals surface area contributed by atoms with Gasteiger partial charge in [0.2, 0.25) is 0 Å². The van der Waals surface area contributed by atoms with Crippen LogP contribution in [0.1, 0.15) is 47.4 Å². The predicted octanol–water partition coefficient (Wildman–Crippen LogP) is 13.2. The Hall–Kier alpha value is -6.12. The van der Waals surface area contributed by atoms with Crippen molar-refractivity contribution in [2.45, 2.75) is 31.2 Å². The summed E-state index contributed by atoms with van der Waals surface area (Å²) in [7, 11) is 0. The van der Waals surface area contributed by atoms with E-state index in [1.807, 2.05) is 0 Å². The van der Waals surface area contributed by atoms with Crippen LogP contribution in [0.25, 0.3) is 22.8 Å². The van der Waals surface area contributed by atoms with E-state index in [0.29, 0.717) is 12.0 Å². The number of anilines is 5. The largest absolute Gasteiger partial charge is 0.338 e. The summed E-state index contributed by atoms with van der Waals surface area (Å²) in [5.74, 6) is 0.583. The highest BCUT2D eigenvalue weighted by Crippen LogP contribution is 2.52. The zero-order valence-corrected chi connectivity index (χ0v) is 28.6. The molecule has 0 aromatic heterocycles. The molecule has 0 radical (unpaired) electrons. The molecular weight excluding hydrogens is 617 g/mol. The van der Waals surface area contributed by atoms with E-state index in [1.54, 1.807) is 0 Å². The maximum atomic E-state index is 2.60. The van der Waals surface area contributed by atoms with Gasteiger partial charge in [-0.1, -0.05) is 128 Å². The van der Waals surface area contributed by atoms with Gasteiger partial charge < -0.3 is 9.80 Å². The van der Waals surface area contributed by atoms with Gasteiger partial charge in [-0.05, 0) is 125 Å². The topological polar surface area (TPSA) is 6.48 Å². The monoisotopic (exact) mass is 656 g/mol. The van der Waals surface area contributed by atoms with Crippen LogP contribution in [0.2, 0.25) is 0 Å². The van der Waals surface area contributed by atoms with E-state index in [2.05, 4.69) is 204 Å². The molecule has 1 fully saturated rings. The summed E-state index contributed by atoms with van der Waals surface area (Å²) in [4.78, 5) is 4.91. The van der Waals surface area contributed by atoms with Gasteiger partial charge in [-0.15, -0.1) is 0 Å². The van der Waals surface area contributed by atoms with Gasteiger partial charge in [-0.3, -0.25) is 0 Å². The second-order valence-electron chi connectivity index (χ2n) is 13.7. The van der Waals surface area contributed by atoms with Crippen molar-refractivity contribution in [3.05, 3.63) is 210 Å². The van der Waals surface area contributed by atoms with Gasteiger partial charge in [0.05, 0.1) is 0 Å². The van der Waals surface area contributed by atoms with Crippen LogP contribution < -0.4 is 9.80 Å². The predicted molar refractivity (Wildman–Crippen MR) is 215 cm³/mol. The van der Waals surface area contributed by atoms with Crippen LogP contribution in [0.3, 0.4) is 0 Å². The Labute approximate surface area is 301 Å². The summed E-state index contributed by atoms with van der Waals surface area (Å²) >= 11 is 0. The number of hydrogen-bond donors (Lipinski definition) is 0. The fourth-order valence-electron chi connectivity index (χ4n) is 8.28. The summed E-state index contributed by atoms with van der Waals surface area (Å²) in [6, 6.07) is 68.6. The summed E-state index contributed by atoms with van der Waals surface area (Å²) in [5.41, 5.74) is 14.9. The maximum absolute atomic E-state index is 2.60. The second kappa shape index (κ2) is 13.7. The third-order valence-corrected chi connectivity index (χ3v) is 10.6. The van der Waals surface area contributed by atoms with E-state index >= 15 is 0 Å². The first-order valence-electron chi connectivity index (χ1n) is 18.2.